The molecule has 1 amide bonds. The van der Waals surface area contributed by atoms with Gasteiger partial charge in [-0.1, -0.05) is 12.1 Å². The summed E-state index contributed by atoms with van der Waals surface area (Å²) in [6.07, 6.45) is 0. The van der Waals surface area contributed by atoms with Gasteiger partial charge < -0.3 is 10.1 Å². The lowest BCUT2D eigenvalue weighted by Gasteiger charge is -2.15. The summed E-state index contributed by atoms with van der Waals surface area (Å²) in [6.45, 7) is 3.54. The first-order chi connectivity index (χ1) is 10.0. The molecule has 21 heavy (non-hydrogen) atoms. The molecule has 0 saturated heterocycles. The Hall–Kier alpha value is -2.36. The van der Waals surface area contributed by atoms with Gasteiger partial charge >= 0.3 is 0 Å². The number of hydrogen-bond donors (Lipinski definition) is 1. The molecule has 0 aliphatic heterocycles. The Morgan fingerprint density at radius 1 is 1.19 bits per heavy atom. The van der Waals surface area contributed by atoms with Crippen molar-refractivity contribution in [3.63, 3.8) is 0 Å². The Bertz CT molecular complexity index is 638. The first-order valence-electron chi connectivity index (χ1n) is 6.72. The average Bonchev–Trinajstić information content (AvgIpc) is 2.50. The van der Waals surface area contributed by atoms with Gasteiger partial charge in [0.25, 0.3) is 5.91 Å². The van der Waals surface area contributed by atoms with E-state index in [1.165, 1.54) is 12.1 Å². The highest BCUT2D eigenvalue weighted by molar-refractivity contribution is 5.94. The third-order valence-electron chi connectivity index (χ3n) is 3.38. The number of nitrogens with one attached hydrogen (secondary N) is 1. The number of carbonyl (C=O) groups excluding carboxylic acids is 1. The quantitative estimate of drug-likeness (QED) is 0.932. The van der Waals surface area contributed by atoms with Crippen molar-refractivity contribution in [2.45, 2.75) is 19.9 Å². The van der Waals surface area contributed by atoms with Crippen molar-refractivity contribution in [3.05, 3.63) is 65.0 Å². The zero-order chi connectivity index (χ0) is 15.4. The highest BCUT2D eigenvalue weighted by atomic mass is 19.1. The summed E-state index contributed by atoms with van der Waals surface area (Å²) in [5.74, 6) is 0.239. The maximum absolute atomic E-state index is 13.2. The molecular formula is C17H18FNO2. The van der Waals surface area contributed by atoms with Crippen LogP contribution in [0.3, 0.4) is 0 Å². The van der Waals surface area contributed by atoms with Crippen molar-refractivity contribution in [2.75, 3.05) is 7.11 Å². The molecule has 0 saturated carbocycles. The fourth-order valence-corrected chi connectivity index (χ4v) is 2.04. The zero-order valence-corrected chi connectivity index (χ0v) is 12.3. The fraction of sp³-hybridized carbons (Fsp3) is 0.235. The molecule has 4 heteroatoms. The summed E-state index contributed by atoms with van der Waals surface area (Å²) in [6, 6.07) is 11.7. The van der Waals surface area contributed by atoms with Gasteiger partial charge in [0.05, 0.1) is 13.2 Å². The Kier molecular flexibility index (Phi) is 4.58. The molecule has 0 aliphatic carbocycles. The summed E-state index contributed by atoms with van der Waals surface area (Å²) < 4.78 is 18.3. The average molecular weight is 287 g/mol. The number of rotatable bonds is 4. The summed E-state index contributed by atoms with van der Waals surface area (Å²) in [7, 11) is 1.61. The molecule has 1 N–H and O–H groups in total. The number of benzene rings is 2. The van der Waals surface area contributed by atoms with E-state index in [2.05, 4.69) is 5.32 Å². The van der Waals surface area contributed by atoms with Crippen molar-refractivity contribution in [2.24, 2.45) is 0 Å². The highest BCUT2D eigenvalue weighted by Gasteiger charge is 2.12. The topological polar surface area (TPSA) is 38.3 Å². The largest absolute Gasteiger partial charge is 0.497 e. The van der Waals surface area contributed by atoms with Crippen LogP contribution in [0.5, 0.6) is 5.75 Å². The minimum atomic E-state index is -0.310. The van der Waals surface area contributed by atoms with Crippen molar-refractivity contribution < 1.29 is 13.9 Å². The van der Waals surface area contributed by atoms with Gasteiger partial charge in [-0.2, -0.15) is 0 Å². The second-order valence-corrected chi connectivity index (χ2v) is 4.93. The molecule has 0 aromatic heterocycles. The van der Waals surface area contributed by atoms with Gasteiger partial charge in [0.1, 0.15) is 11.6 Å². The molecule has 1 unspecified atom stereocenters. The molecular weight excluding hydrogens is 269 g/mol. The summed E-state index contributed by atoms with van der Waals surface area (Å²) >= 11 is 0. The molecule has 3 nitrogen and oxygen atoms in total. The Balaban J connectivity index is 2.08. The van der Waals surface area contributed by atoms with Gasteiger partial charge in [-0.25, -0.2) is 4.39 Å². The molecule has 2 aromatic carbocycles. The second-order valence-electron chi connectivity index (χ2n) is 4.93. The molecule has 0 aliphatic rings. The Morgan fingerprint density at radius 3 is 2.43 bits per heavy atom. The van der Waals surface area contributed by atoms with Crippen molar-refractivity contribution in [1.29, 1.82) is 0 Å². The first-order valence-corrected chi connectivity index (χ1v) is 6.72. The number of halogens is 1. The van der Waals surface area contributed by atoms with Gasteiger partial charge in [-0.05, 0) is 55.3 Å². The van der Waals surface area contributed by atoms with Crippen LogP contribution in [0.1, 0.15) is 34.5 Å². The maximum Gasteiger partial charge on any atom is 0.251 e. The van der Waals surface area contributed by atoms with Crippen LogP contribution in [0, 0.1) is 12.7 Å². The molecule has 2 rings (SSSR count). The molecule has 0 fully saturated rings. The Labute approximate surface area is 123 Å². The summed E-state index contributed by atoms with van der Waals surface area (Å²) in [5, 5.41) is 2.89. The molecule has 2 aromatic rings. The number of methoxy groups -OCH3 is 1. The standard InChI is InChI=1S/C17H18FNO2/c1-11-10-14(6-9-16(11)18)17(20)19-12(2)13-4-7-15(21-3)8-5-13/h4-10,12H,1-3H3,(H,19,20). The normalized spacial score (nSPS) is 11.8. The lowest BCUT2D eigenvalue weighted by molar-refractivity contribution is 0.0939. The number of hydrogen-bond acceptors (Lipinski definition) is 2. The van der Waals surface area contributed by atoms with E-state index < -0.39 is 0 Å². The zero-order valence-electron chi connectivity index (χ0n) is 12.3. The van der Waals surface area contributed by atoms with Crippen LogP contribution in [-0.4, -0.2) is 13.0 Å². The molecule has 0 heterocycles. The van der Waals surface area contributed by atoms with Gasteiger partial charge in [0.2, 0.25) is 0 Å². The first kappa shape index (κ1) is 15.0. The maximum atomic E-state index is 13.2. The third-order valence-corrected chi connectivity index (χ3v) is 3.38. The van der Waals surface area contributed by atoms with Crippen LogP contribution in [0.4, 0.5) is 4.39 Å². The van der Waals surface area contributed by atoms with Crippen LogP contribution in [-0.2, 0) is 0 Å². The monoisotopic (exact) mass is 287 g/mol. The lowest BCUT2D eigenvalue weighted by atomic mass is 10.1. The van der Waals surface area contributed by atoms with E-state index in [1.54, 1.807) is 20.1 Å². The highest BCUT2D eigenvalue weighted by Crippen LogP contribution is 2.18. The van der Waals surface area contributed by atoms with E-state index in [0.717, 1.165) is 11.3 Å². The van der Waals surface area contributed by atoms with E-state index in [4.69, 9.17) is 4.74 Å². The van der Waals surface area contributed by atoms with Gasteiger partial charge in [-0.3, -0.25) is 4.79 Å². The minimum absolute atomic E-state index is 0.145. The molecule has 1 atom stereocenters. The smallest absolute Gasteiger partial charge is 0.251 e. The van der Waals surface area contributed by atoms with E-state index in [9.17, 15) is 9.18 Å². The van der Waals surface area contributed by atoms with Crippen LogP contribution < -0.4 is 10.1 Å². The van der Waals surface area contributed by atoms with Gasteiger partial charge in [0, 0.05) is 5.56 Å². The van der Waals surface area contributed by atoms with E-state index in [-0.39, 0.29) is 17.8 Å². The summed E-state index contributed by atoms with van der Waals surface area (Å²) in [5.41, 5.74) is 1.89. The molecule has 0 spiro atoms. The minimum Gasteiger partial charge on any atom is -0.497 e. The fourth-order valence-electron chi connectivity index (χ4n) is 2.04. The van der Waals surface area contributed by atoms with Crippen LogP contribution in [0.25, 0.3) is 0 Å². The summed E-state index contributed by atoms with van der Waals surface area (Å²) in [4.78, 5) is 12.2. The Morgan fingerprint density at radius 2 is 1.86 bits per heavy atom. The lowest BCUT2D eigenvalue weighted by Crippen LogP contribution is -2.26. The van der Waals surface area contributed by atoms with E-state index in [1.807, 2.05) is 31.2 Å². The van der Waals surface area contributed by atoms with Gasteiger partial charge in [-0.15, -0.1) is 0 Å². The van der Waals surface area contributed by atoms with Gasteiger partial charge in [0.15, 0.2) is 0 Å². The predicted octanol–water partition coefficient (Wildman–Crippen LogP) is 3.63. The van der Waals surface area contributed by atoms with E-state index in [0.29, 0.717) is 11.1 Å². The van der Waals surface area contributed by atoms with Crippen molar-refractivity contribution in [1.82, 2.24) is 5.32 Å². The second kappa shape index (κ2) is 6.39. The van der Waals surface area contributed by atoms with Crippen molar-refractivity contribution in [3.8, 4) is 5.75 Å². The van der Waals surface area contributed by atoms with E-state index >= 15 is 0 Å². The SMILES string of the molecule is COc1ccc(C(C)NC(=O)c2ccc(F)c(C)c2)cc1. The number of ether oxygens (including phenoxy) is 1. The predicted molar refractivity (Wildman–Crippen MR) is 80.0 cm³/mol. The molecule has 110 valence electrons. The van der Waals surface area contributed by atoms with Crippen LogP contribution in [0.2, 0.25) is 0 Å². The molecule has 0 radical (unpaired) electrons. The number of amides is 1. The number of carbonyl (C=O) groups is 1. The number of aryl methyl sites for hydroxylation is 1. The van der Waals surface area contributed by atoms with Crippen LogP contribution in [0.15, 0.2) is 42.5 Å². The third kappa shape index (κ3) is 3.60. The molecule has 0 bridgehead atoms. The van der Waals surface area contributed by atoms with Crippen LogP contribution >= 0.6 is 0 Å². The van der Waals surface area contributed by atoms with Crippen molar-refractivity contribution >= 4 is 5.91 Å².